The van der Waals surface area contributed by atoms with Crippen LogP contribution in [0.4, 0.5) is 14.5 Å². The van der Waals surface area contributed by atoms with E-state index in [0.29, 0.717) is 11.8 Å². The van der Waals surface area contributed by atoms with E-state index in [4.69, 9.17) is 10.00 Å². The van der Waals surface area contributed by atoms with E-state index >= 15 is 0 Å². The molecule has 0 spiro atoms. The van der Waals surface area contributed by atoms with E-state index < -0.39 is 35.2 Å². The molecule has 0 fully saturated rings. The van der Waals surface area contributed by atoms with Gasteiger partial charge in [0.05, 0.1) is 18.1 Å². The number of para-hydroxylation sites is 1. The summed E-state index contributed by atoms with van der Waals surface area (Å²) in [6, 6.07) is 13.0. The molecule has 0 aliphatic carbocycles. The highest BCUT2D eigenvalue weighted by atomic mass is 19.1. The Morgan fingerprint density at radius 3 is 2.50 bits per heavy atom. The molecule has 0 heterocycles. The second-order valence-corrected chi connectivity index (χ2v) is 5.41. The fraction of sp³-hybridized carbons (Fsp3) is 0.211. The highest BCUT2D eigenvalue weighted by molar-refractivity contribution is 5.99. The number of halogens is 2. The number of anilines is 1. The molecule has 0 saturated heterocycles. The van der Waals surface area contributed by atoms with E-state index in [9.17, 15) is 18.4 Å². The fourth-order valence-electron chi connectivity index (χ4n) is 2.29. The number of nitrogens with zero attached hydrogens (tertiary/aromatic N) is 2. The Hall–Kier alpha value is -3.27. The third kappa shape index (κ3) is 4.63. The molecule has 1 unspecified atom stereocenters. The summed E-state index contributed by atoms with van der Waals surface area (Å²) < 4.78 is 31.6. The minimum atomic E-state index is -1.22. The molecular formula is C19H16F2N2O3. The number of rotatable bonds is 6. The van der Waals surface area contributed by atoms with Crippen molar-refractivity contribution in [2.24, 2.45) is 0 Å². The minimum absolute atomic E-state index is 0.0912. The molecule has 5 nitrogen and oxygen atoms in total. The first-order valence-corrected chi connectivity index (χ1v) is 7.83. The van der Waals surface area contributed by atoms with E-state index in [1.807, 2.05) is 6.07 Å². The molecule has 0 radical (unpaired) electrons. The minimum Gasteiger partial charge on any atom is -0.449 e. The first-order chi connectivity index (χ1) is 12.4. The number of hydrogen-bond donors (Lipinski definition) is 0. The molecule has 1 atom stereocenters. The number of hydrogen-bond acceptors (Lipinski definition) is 4. The van der Waals surface area contributed by atoms with Crippen molar-refractivity contribution in [3.05, 3.63) is 65.7 Å². The maximum atomic E-state index is 13.7. The molecule has 0 aliphatic heterocycles. The number of nitriles is 1. The molecule has 2 aromatic rings. The SMILES string of the molecule is CC(OC(=O)c1ccc(F)cc1F)C(=O)N(CCC#N)c1ccccc1. The molecule has 26 heavy (non-hydrogen) atoms. The summed E-state index contributed by atoms with van der Waals surface area (Å²) in [6.07, 6.45) is -1.13. The summed E-state index contributed by atoms with van der Waals surface area (Å²) in [5.41, 5.74) is 0.0814. The zero-order chi connectivity index (χ0) is 19.1. The number of amides is 1. The van der Waals surface area contributed by atoms with Crippen LogP contribution in [0.3, 0.4) is 0 Å². The molecule has 1 amide bonds. The Bertz CT molecular complexity index is 834. The maximum absolute atomic E-state index is 13.7. The lowest BCUT2D eigenvalue weighted by atomic mass is 10.2. The molecule has 0 aliphatic rings. The van der Waals surface area contributed by atoms with Gasteiger partial charge in [0.15, 0.2) is 6.10 Å². The van der Waals surface area contributed by atoms with Gasteiger partial charge in [-0.3, -0.25) is 4.79 Å². The Labute approximate surface area is 149 Å². The standard InChI is InChI=1S/C19H16F2N2O3/c1-13(26-19(25)16-9-8-14(20)12-17(16)21)18(24)23(11-5-10-22)15-6-3-2-4-7-15/h2-4,6-9,12-13H,5,11H2,1H3. The first kappa shape index (κ1) is 19.1. The molecule has 0 bridgehead atoms. The van der Waals surface area contributed by atoms with Crippen LogP contribution in [0.15, 0.2) is 48.5 Å². The quantitative estimate of drug-likeness (QED) is 0.742. The Kier molecular flexibility index (Phi) is 6.39. The first-order valence-electron chi connectivity index (χ1n) is 7.83. The molecule has 0 N–H and O–H groups in total. The third-order valence-corrected chi connectivity index (χ3v) is 3.56. The van der Waals surface area contributed by atoms with Gasteiger partial charge in [0.25, 0.3) is 5.91 Å². The van der Waals surface area contributed by atoms with Gasteiger partial charge in [-0.05, 0) is 31.2 Å². The van der Waals surface area contributed by atoms with Gasteiger partial charge < -0.3 is 9.64 Å². The summed E-state index contributed by atoms with van der Waals surface area (Å²) in [5, 5.41) is 8.78. The Balaban J connectivity index is 2.15. The Morgan fingerprint density at radius 2 is 1.88 bits per heavy atom. The largest absolute Gasteiger partial charge is 0.449 e. The summed E-state index contributed by atoms with van der Waals surface area (Å²) >= 11 is 0. The van der Waals surface area contributed by atoms with E-state index in [1.54, 1.807) is 30.3 Å². The fourth-order valence-corrected chi connectivity index (χ4v) is 2.29. The highest BCUT2D eigenvalue weighted by Gasteiger charge is 2.26. The molecule has 2 rings (SSSR count). The second-order valence-electron chi connectivity index (χ2n) is 5.41. The molecule has 2 aromatic carbocycles. The molecular weight excluding hydrogens is 342 g/mol. The van der Waals surface area contributed by atoms with Gasteiger partial charge in [0.1, 0.15) is 11.6 Å². The lowest BCUT2D eigenvalue weighted by Crippen LogP contribution is -2.40. The van der Waals surface area contributed by atoms with Crippen LogP contribution in [0.1, 0.15) is 23.7 Å². The van der Waals surface area contributed by atoms with Crippen LogP contribution in [0.2, 0.25) is 0 Å². The monoisotopic (exact) mass is 358 g/mol. The zero-order valence-corrected chi connectivity index (χ0v) is 14.0. The summed E-state index contributed by atoms with van der Waals surface area (Å²) in [4.78, 5) is 26.0. The van der Waals surface area contributed by atoms with Crippen LogP contribution in [0.25, 0.3) is 0 Å². The zero-order valence-electron chi connectivity index (χ0n) is 14.0. The summed E-state index contributed by atoms with van der Waals surface area (Å²) in [5.74, 6) is -3.52. The summed E-state index contributed by atoms with van der Waals surface area (Å²) in [6.45, 7) is 1.47. The predicted octanol–water partition coefficient (Wildman–Crippen LogP) is 3.46. The average molecular weight is 358 g/mol. The van der Waals surface area contributed by atoms with E-state index in [1.165, 1.54) is 11.8 Å². The number of benzene rings is 2. The molecule has 0 aromatic heterocycles. The molecule has 0 saturated carbocycles. The van der Waals surface area contributed by atoms with Crippen molar-refractivity contribution < 1.29 is 23.1 Å². The topological polar surface area (TPSA) is 70.4 Å². The van der Waals surface area contributed by atoms with E-state index in [0.717, 1.165) is 12.1 Å². The van der Waals surface area contributed by atoms with Crippen molar-refractivity contribution in [2.75, 3.05) is 11.4 Å². The van der Waals surface area contributed by atoms with Gasteiger partial charge in [-0.15, -0.1) is 0 Å². The van der Waals surface area contributed by atoms with Gasteiger partial charge >= 0.3 is 5.97 Å². The molecule has 134 valence electrons. The van der Waals surface area contributed by atoms with Crippen molar-refractivity contribution in [3.63, 3.8) is 0 Å². The van der Waals surface area contributed by atoms with Crippen molar-refractivity contribution in [1.29, 1.82) is 5.26 Å². The van der Waals surface area contributed by atoms with Gasteiger partial charge in [-0.25, -0.2) is 13.6 Å². The van der Waals surface area contributed by atoms with Gasteiger partial charge in [-0.1, -0.05) is 18.2 Å². The summed E-state index contributed by atoms with van der Waals surface area (Å²) in [7, 11) is 0. The van der Waals surface area contributed by atoms with Crippen LogP contribution < -0.4 is 4.90 Å². The maximum Gasteiger partial charge on any atom is 0.341 e. The van der Waals surface area contributed by atoms with E-state index in [-0.39, 0.29) is 13.0 Å². The Morgan fingerprint density at radius 1 is 1.19 bits per heavy atom. The van der Waals surface area contributed by atoms with Gasteiger partial charge in [0, 0.05) is 18.3 Å². The van der Waals surface area contributed by atoms with Crippen LogP contribution in [0.5, 0.6) is 0 Å². The molecule has 7 heteroatoms. The van der Waals surface area contributed by atoms with Crippen LogP contribution in [-0.2, 0) is 9.53 Å². The van der Waals surface area contributed by atoms with Crippen molar-refractivity contribution >= 4 is 17.6 Å². The number of carbonyl (C=O) groups excluding carboxylic acids is 2. The third-order valence-electron chi connectivity index (χ3n) is 3.56. The highest BCUT2D eigenvalue weighted by Crippen LogP contribution is 2.17. The number of carbonyl (C=O) groups is 2. The van der Waals surface area contributed by atoms with Crippen molar-refractivity contribution in [2.45, 2.75) is 19.4 Å². The van der Waals surface area contributed by atoms with E-state index in [2.05, 4.69) is 0 Å². The number of esters is 1. The van der Waals surface area contributed by atoms with Crippen LogP contribution >= 0.6 is 0 Å². The smallest absolute Gasteiger partial charge is 0.341 e. The second kappa shape index (κ2) is 8.72. The van der Waals surface area contributed by atoms with Gasteiger partial charge in [0.2, 0.25) is 0 Å². The average Bonchev–Trinajstić information content (AvgIpc) is 2.62. The van der Waals surface area contributed by atoms with Crippen molar-refractivity contribution in [3.8, 4) is 6.07 Å². The predicted molar refractivity (Wildman–Crippen MR) is 90.3 cm³/mol. The van der Waals surface area contributed by atoms with Crippen molar-refractivity contribution in [1.82, 2.24) is 0 Å². The van der Waals surface area contributed by atoms with Gasteiger partial charge in [-0.2, -0.15) is 5.26 Å². The lowest BCUT2D eigenvalue weighted by molar-refractivity contribution is -0.126. The lowest BCUT2D eigenvalue weighted by Gasteiger charge is -2.25. The van der Waals surface area contributed by atoms with Crippen LogP contribution in [-0.4, -0.2) is 24.5 Å². The van der Waals surface area contributed by atoms with Crippen LogP contribution in [0, 0.1) is 23.0 Å². The number of ether oxygens (including phenoxy) is 1. The normalized spacial score (nSPS) is 11.3.